The molecule has 2 heterocycles. The zero-order valence-electron chi connectivity index (χ0n) is 37.7. The molecule has 7 rings (SSSR count). The van der Waals surface area contributed by atoms with Gasteiger partial charge in [0.1, 0.15) is 11.6 Å². The molecular weight excluding hydrogens is 783 g/mol. The summed E-state index contributed by atoms with van der Waals surface area (Å²) in [5.74, 6) is 7.84. The van der Waals surface area contributed by atoms with E-state index in [1.807, 2.05) is 54.7 Å². The van der Waals surface area contributed by atoms with E-state index in [0.717, 1.165) is 59.2 Å². The van der Waals surface area contributed by atoms with Crippen LogP contribution >= 0.6 is 0 Å². The number of aliphatic hydroxyl groups is 1. The molecule has 63 heavy (non-hydrogen) atoms. The number of ketones is 2. The fraction of sp³-hybridized carbons (Fsp3) is 0.455. The molecular formula is C55H67N3O5. The Balaban J connectivity index is 1.34. The van der Waals surface area contributed by atoms with Crippen molar-refractivity contribution in [1.29, 1.82) is 0 Å². The van der Waals surface area contributed by atoms with Crippen LogP contribution in [0.3, 0.4) is 0 Å². The van der Waals surface area contributed by atoms with Gasteiger partial charge in [0, 0.05) is 48.7 Å². The minimum atomic E-state index is -0.605. The van der Waals surface area contributed by atoms with Crippen molar-refractivity contribution in [3.63, 3.8) is 0 Å². The quantitative estimate of drug-likeness (QED) is 0.0630. The third-order valence-electron chi connectivity index (χ3n) is 13.9. The number of Topliss-reactive ketones (excluding diaryl/α,β-unsaturated/α-hetero) is 2. The smallest absolute Gasteiger partial charge is 0.161 e. The summed E-state index contributed by atoms with van der Waals surface area (Å²) >= 11 is 0. The number of methoxy groups -OCH3 is 1. The maximum Gasteiger partial charge on any atom is 0.161 e. The van der Waals surface area contributed by atoms with E-state index in [-0.39, 0.29) is 53.8 Å². The summed E-state index contributed by atoms with van der Waals surface area (Å²) < 4.78 is 5.77. The summed E-state index contributed by atoms with van der Waals surface area (Å²) in [4.78, 5) is 32.3. The van der Waals surface area contributed by atoms with Crippen LogP contribution in [0.2, 0.25) is 0 Å². The SMILES string of the molecule is CCCC(C(O)Cc1cc(C(C)C)c[nH]1)C1CC(CC2=CCNC(N)=C2)CC2C#CC(c3ccccc3)c3c(cc(OC)c(O)c3CCc3ccccc3)CCC(=O)CC(=O)C2C1. The van der Waals surface area contributed by atoms with Crippen LogP contribution in [0, 0.1) is 41.4 Å². The van der Waals surface area contributed by atoms with E-state index in [4.69, 9.17) is 10.5 Å². The average molecular weight is 850 g/mol. The lowest BCUT2D eigenvalue weighted by atomic mass is 9.73. The Morgan fingerprint density at radius 1 is 0.952 bits per heavy atom. The van der Waals surface area contributed by atoms with Gasteiger partial charge in [0.05, 0.1) is 31.4 Å². The van der Waals surface area contributed by atoms with Gasteiger partial charge in [0.25, 0.3) is 0 Å². The molecule has 7 atom stereocenters. The fourth-order valence-corrected chi connectivity index (χ4v) is 10.6. The van der Waals surface area contributed by atoms with Crippen LogP contribution in [0.1, 0.15) is 123 Å². The lowest BCUT2D eigenvalue weighted by Crippen LogP contribution is -2.33. The second-order valence-electron chi connectivity index (χ2n) is 18.6. The molecule has 4 aromatic rings. The first-order valence-electron chi connectivity index (χ1n) is 23.3. The van der Waals surface area contributed by atoms with E-state index in [1.165, 1.54) is 11.1 Å². The van der Waals surface area contributed by atoms with Crippen LogP contribution in [0.5, 0.6) is 11.5 Å². The number of rotatable bonds is 14. The molecule has 3 aliphatic rings. The molecule has 0 radical (unpaired) electrons. The van der Waals surface area contributed by atoms with Gasteiger partial charge in [-0.3, -0.25) is 9.59 Å². The third kappa shape index (κ3) is 11.4. The number of aromatic hydroxyl groups is 1. The molecule has 332 valence electrons. The van der Waals surface area contributed by atoms with Crippen LogP contribution in [0.4, 0.5) is 0 Å². The zero-order valence-corrected chi connectivity index (χ0v) is 37.7. The molecule has 0 bridgehead atoms. The van der Waals surface area contributed by atoms with Gasteiger partial charge in [0.15, 0.2) is 11.5 Å². The number of hydrogen-bond acceptors (Lipinski definition) is 7. The molecule has 1 saturated carbocycles. The summed E-state index contributed by atoms with van der Waals surface area (Å²) in [6, 6.07) is 24.5. The zero-order chi connectivity index (χ0) is 44.5. The van der Waals surface area contributed by atoms with Crippen molar-refractivity contribution in [2.24, 2.45) is 35.3 Å². The Labute approximate surface area is 374 Å². The number of aromatic nitrogens is 1. The highest BCUT2D eigenvalue weighted by Crippen LogP contribution is 2.46. The number of H-pyrrole nitrogens is 1. The molecule has 7 unspecified atom stereocenters. The molecule has 1 aliphatic heterocycles. The van der Waals surface area contributed by atoms with Gasteiger partial charge >= 0.3 is 0 Å². The average Bonchev–Trinajstić information content (AvgIpc) is 3.67. The highest BCUT2D eigenvalue weighted by Gasteiger charge is 2.41. The number of carbonyl (C=O) groups is 2. The van der Waals surface area contributed by atoms with E-state index in [2.05, 4.69) is 79.3 Å². The number of aromatic amines is 1. The second kappa shape index (κ2) is 21.2. The number of aryl methyl sites for hydroxylation is 2. The molecule has 0 saturated heterocycles. The van der Waals surface area contributed by atoms with Crippen LogP contribution in [-0.2, 0) is 35.3 Å². The molecule has 3 aromatic carbocycles. The van der Waals surface area contributed by atoms with Gasteiger partial charge in [-0.15, -0.1) is 0 Å². The number of nitrogens with two attached hydrogens (primary N) is 1. The molecule has 8 nitrogen and oxygen atoms in total. The lowest BCUT2D eigenvalue weighted by Gasteiger charge is -2.33. The standard InChI is InChI=1S/C55H67N3O5/c1-5-12-46(50(60)32-44-29-43(34-58-44)35(2)3)42-27-38(25-37-23-24-57-53(56)28-37)26-40-19-22-47(39-15-10-7-11-16-39)54-41(18-20-45(59)33-51(61)49(40)30-42)31-52(63-4)55(62)48(54)21-17-36-13-8-6-9-14-36/h6-11,13-16,23,28-29,31,34-35,38,40,42,46-47,49-50,57-58,60,62H,5,12,17-18,20-21,24-27,30,32-33,56H2,1-4H3. The van der Waals surface area contributed by atoms with Crippen LogP contribution < -0.4 is 15.8 Å². The topological polar surface area (TPSA) is 138 Å². The summed E-state index contributed by atoms with van der Waals surface area (Å²) in [6.45, 7) is 7.18. The van der Waals surface area contributed by atoms with Gasteiger partial charge in [-0.25, -0.2) is 0 Å². The number of benzene rings is 3. The van der Waals surface area contributed by atoms with Crippen molar-refractivity contribution in [2.75, 3.05) is 13.7 Å². The highest BCUT2D eigenvalue weighted by molar-refractivity contribution is 6.00. The van der Waals surface area contributed by atoms with E-state index in [9.17, 15) is 19.8 Å². The molecule has 1 aromatic heterocycles. The first kappa shape index (κ1) is 45.5. The predicted molar refractivity (Wildman–Crippen MR) is 251 cm³/mol. The summed E-state index contributed by atoms with van der Waals surface area (Å²) in [6.07, 6.45) is 12.4. The van der Waals surface area contributed by atoms with Crippen molar-refractivity contribution >= 4 is 11.6 Å². The highest BCUT2D eigenvalue weighted by atomic mass is 16.5. The molecule has 0 spiro atoms. The molecule has 6 N–H and O–H groups in total. The van der Waals surface area contributed by atoms with Crippen molar-refractivity contribution < 1.29 is 24.5 Å². The summed E-state index contributed by atoms with van der Waals surface area (Å²) in [5.41, 5.74) is 14.4. The first-order valence-corrected chi connectivity index (χ1v) is 23.3. The Morgan fingerprint density at radius 2 is 1.71 bits per heavy atom. The normalized spacial score (nSPS) is 22.7. The van der Waals surface area contributed by atoms with Gasteiger partial charge in [0.2, 0.25) is 0 Å². The van der Waals surface area contributed by atoms with E-state index >= 15 is 0 Å². The molecule has 2 aliphatic carbocycles. The Morgan fingerprint density at radius 3 is 2.41 bits per heavy atom. The third-order valence-corrected chi connectivity index (χ3v) is 13.9. The van der Waals surface area contributed by atoms with Crippen molar-refractivity contribution in [3.05, 3.63) is 142 Å². The monoisotopic (exact) mass is 850 g/mol. The van der Waals surface area contributed by atoms with Gasteiger partial charge in [-0.05, 0) is 127 Å². The Kier molecular flexibility index (Phi) is 15.3. The van der Waals surface area contributed by atoms with Crippen LogP contribution in [0.25, 0.3) is 0 Å². The van der Waals surface area contributed by atoms with E-state index < -0.39 is 17.9 Å². The number of allylic oxidation sites excluding steroid dienone is 2. The molecule has 8 heteroatoms. The maximum absolute atomic E-state index is 14.8. The van der Waals surface area contributed by atoms with Gasteiger partial charge < -0.3 is 31.0 Å². The lowest BCUT2D eigenvalue weighted by molar-refractivity contribution is -0.130. The minimum absolute atomic E-state index is 0.0385. The van der Waals surface area contributed by atoms with Crippen LogP contribution in [-0.4, -0.2) is 46.5 Å². The number of aliphatic hydroxyl groups excluding tert-OH is 1. The van der Waals surface area contributed by atoms with Gasteiger partial charge in [-0.1, -0.05) is 106 Å². The summed E-state index contributed by atoms with van der Waals surface area (Å²) in [5, 5.41) is 27.3. The molecule has 0 amide bonds. The number of dihydropyridines is 1. The van der Waals surface area contributed by atoms with E-state index in [1.54, 1.807) is 7.11 Å². The predicted octanol–water partition coefficient (Wildman–Crippen LogP) is 9.64. The number of hydrogen-bond donors (Lipinski definition) is 5. The number of nitrogens with one attached hydrogen (secondary N) is 2. The minimum Gasteiger partial charge on any atom is -0.504 e. The Hall–Kier alpha value is -5.52. The number of ether oxygens (including phenoxy) is 1. The van der Waals surface area contributed by atoms with Crippen molar-refractivity contribution in [2.45, 2.75) is 116 Å². The maximum atomic E-state index is 14.8. The molecule has 1 fully saturated rings. The van der Waals surface area contributed by atoms with E-state index in [0.29, 0.717) is 62.6 Å². The number of phenolic OH excluding ortho intramolecular Hbond substituents is 1. The number of carbonyl (C=O) groups excluding carboxylic acids is 2. The Bertz CT molecular complexity index is 2320. The number of fused-ring (bicyclic) bond motifs is 2. The van der Waals surface area contributed by atoms with Crippen LogP contribution in [0.15, 0.2) is 103 Å². The van der Waals surface area contributed by atoms with Crippen molar-refractivity contribution in [1.82, 2.24) is 10.3 Å². The first-order chi connectivity index (χ1) is 30.5. The number of phenols is 1. The van der Waals surface area contributed by atoms with Crippen molar-refractivity contribution in [3.8, 4) is 23.3 Å². The second-order valence-corrected chi connectivity index (χ2v) is 18.6. The summed E-state index contributed by atoms with van der Waals surface area (Å²) in [7, 11) is 1.56. The largest absolute Gasteiger partial charge is 0.504 e. The van der Waals surface area contributed by atoms with Gasteiger partial charge in [-0.2, -0.15) is 0 Å². The fourth-order valence-electron chi connectivity index (χ4n) is 10.6.